The second kappa shape index (κ2) is 5.86. The Morgan fingerprint density at radius 2 is 2.06 bits per heavy atom. The lowest BCUT2D eigenvalue weighted by molar-refractivity contribution is 0.312. The molecule has 0 bridgehead atoms. The van der Waals surface area contributed by atoms with Crippen LogP contribution in [0, 0.1) is 0 Å². The minimum absolute atomic E-state index is 0.544. The van der Waals surface area contributed by atoms with Crippen LogP contribution in [0.25, 0.3) is 0 Å². The van der Waals surface area contributed by atoms with Gasteiger partial charge in [0.05, 0.1) is 16.9 Å². The Morgan fingerprint density at radius 3 is 2.65 bits per heavy atom. The van der Waals surface area contributed by atoms with Crippen molar-refractivity contribution in [1.82, 2.24) is 14.9 Å². The minimum atomic E-state index is 0.544. The number of thiazole rings is 1. The Hall–Kier alpha value is -1.30. The van der Waals surface area contributed by atoms with Crippen LogP contribution >= 0.6 is 11.3 Å². The zero-order chi connectivity index (χ0) is 12.1. The molecule has 2 aromatic heterocycles. The molecule has 4 nitrogen and oxygen atoms in total. The molecule has 0 aromatic carbocycles. The molecule has 2 rings (SSSR count). The number of rotatable bonds is 5. The van der Waals surface area contributed by atoms with E-state index in [1.165, 1.54) is 0 Å². The lowest BCUT2D eigenvalue weighted by Gasteiger charge is -2.14. The highest BCUT2D eigenvalue weighted by Gasteiger charge is 2.04. The maximum Gasteiger partial charge on any atom is 0.0795 e. The van der Waals surface area contributed by atoms with Gasteiger partial charge in [-0.2, -0.15) is 0 Å². The molecule has 0 aliphatic heterocycles. The van der Waals surface area contributed by atoms with Gasteiger partial charge in [0.2, 0.25) is 0 Å². The molecule has 0 atom stereocenters. The number of pyridine rings is 1. The quantitative estimate of drug-likeness (QED) is 0.873. The van der Waals surface area contributed by atoms with Crippen molar-refractivity contribution >= 4 is 11.3 Å². The molecular formula is C12H16N4S. The highest BCUT2D eigenvalue weighted by Crippen LogP contribution is 2.07. The molecule has 2 heterocycles. The van der Waals surface area contributed by atoms with Crippen molar-refractivity contribution in [3.05, 3.63) is 46.2 Å². The normalized spacial score (nSPS) is 11.0. The van der Waals surface area contributed by atoms with Crippen LogP contribution in [-0.2, 0) is 19.6 Å². The number of hydrogen-bond donors (Lipinski definition) is 1. The smallest absolute Gasteiger partial charge is 0.0795 e. The summed E-state index contributed by atoms with van der Waals surface area (Å²) in [5, 5.41) is 2.07. The summed E-state index contributed by atoms with van der Waals surface area (Å²) in [6.07, 6.45) is 1.84. The maximum absolute atomic E-state index is 5.53. The Bertz CT molecular complexity index is 438. The molecule has 90 valence electrons. The van der Waals surface area contributed by atoms with Crippen molar-refractivity contribution in [2.75, 3.05) is 7.05 Å². The van der Waals surface area contributed by atoms with Gasteiger partial charge < -0.3 is 5.73 Å². The summed E-state index contributed by atoms with van der Waals surface area (Å²) in [5.74, 6) is 0. The van der Waals surface area contributed by atoms with Crippen molar-refractivity contribution < 1.29 is 0 Å². The van der Waals surface area contributed by atoms with Crippen LogP contribution in [0.1, 0.15) is 17.0 Å². The van der Waals surface area contributed by atoms with Gasteiger partial charge in [-0.3, -0.25) is 9.88 Å². The largest absolute Gasteiger partial charge is 0.326 e. The average molecular weight is 248 g/mol. The molecule has 17 heavy (non-hydrogen) atoms. The van der Waals surface area contributed by atoms with E-state index in [0.717, 1.165) is 30.0 Å². The number of hydrogen-bond acceptors (Lipinski definition) is 5. The third kappa shape index (κ3) is 3.59. The van der Waals surface area contributed by atoms with Gasteiger partial charge in [-0.25, -0.2) is 4.98 Å². The topological polar surface area (TPSA) is 55.0 Å². The average Bonchev–Trinajstić information content (AvgIpc) is 2.82. The van der Waals surface area contributed by atoms with E-state index in [9.17, 15) is 0 Å². The Morgan fingerprint density at radius 1 is 1.24 bits per heavy atom. The van der Waals surface area contributed by atoms with Crippen LogP contribution in [0.3, 0.4) is 0 Å². The summed E-state index contributed by atoms with van der Waals surface area (Å²) in [6.45, 7) is 2.22. The highest BCUT2D eigenvalue weighted by atomic mass is 32.1. The van der Waals surface area contributed by atoms with Crippen molar-refractivity contribution in [3.8, 4) is 0 Å². The molecule has 0 aliphatic carbocycles. The molecule has 0 saturated heterocycles. The molecule has 0 spiro atoms. The molecule has 2 aromatic rings. The van der Waals surface area contributed by atoms with Crippen molar-refractivity contribution in [1.29, 1.82) is 0 Å². The molecular weight excluding hydrogens is 232 g/mol. The zero-order valence-corrected chi connectivity index (χ0v) is 10.7. The van der Waals surface area contributed by atoms with E-state index in [-0.39, 0.29) is 0 Å². The lowest BCUT2D eigenvalue weighted by atomic mass is 10.2. The van der Waals surface area contributed by atoms with Gasteiger partial charge in [0.1, 0.15) is 0 Å². The summed E-state index contributed by atoms with van der Waals surface area (Å²) in [4.78, 5) is 10.8. The van der Waals surface area contributed by atoms with Crippen molar-refractivity contribution in [3.63, 3.8) is 0 Å². The van der Waals surface area contributed by atoms with Crippen LogP contribution in [0.2, 0.25) is 0 Å². The molecule has 0 unspecified atom stereocenters. The second-order valence-corrected chi connectivity index (χ2v) is 4.73. The summed E-state index contributed by atoms with van der Waals surface area (Å²) in [6, 6.07) is 4.05. The molecule has 5 heteroatoms. The van der Waals surface area contributed by atoms with Gasteiger partial charge in [-0.05, 0) is 18.7 Å². The standard InChI is InChI=1S/C12H16N4S/c1-16(7-12-8-17-9-15-12)6-11-3-2-10(4-13)5-14-11/h2-3,5,8-9H,4,6-7,13H2,1H3. The molecule has 0 saturated carbocycles. The predicted octanol–water partition coefficient (Wildman–Crippen LogP) is 1.63. The first-order valence-electron chi connectivity index (χ1n) is 5.47. The van der Waals surface area contributed by atoms with Gasteiger partial charge in [0, 0.05) is 31.2 Å². The van der Waals surface area contributed by atoms with E-state index in [2.05, 4.69) is 27.3 Å². The summed E-state index contributed by atoms with van der Waals surface area (Å²) < 4.78 is 0. The van der Waals surface area contributed by atoms with Crippen LogP contribution < -0.4 is 5.73 Å². The first kappa shape index (κ1) is 12.2. The van der Waals surface area contributed by atoms with Gasteiger partial charge in [-0.15, -0.1) is 11.3 Å². The van der Waals surface area contributed by atoms with Gasteiger partial charge in [0.25, 0.3) is 0 Å². The summed E-state index contributed by atoms with van der Waals surface area (Å²) in [5.41, 5.74) is 10.6. The van der Waals surface area contributed by atoms with E-state index in [0.29, 0.717) is 6.54 Å². The Kier molecular flexibility index (Phi) is 4.19. The number of aromatic nitrogens is 2. The third-order valence-corrected chi connectivity index (χ3v) is 3.10. The fourth-order valence-corrected chi connectivity index (χ4v) is 2.14. The first-order valence-corrected chi connectivity index (χ1v) is 6.41. The van der Waals surface area contributed by atoms with Crippen LogP contribution in [0.5, 0.6) is 0 Å². The van der Waals surface area contributed by atoms with Gasteiger partial charge in [0.15, 0.2) is 0 Å². The van der Waals surface area contributed by atoms with E-state index < -0.39 is 0 Å². The molecule has 0 radical (unpaired) electrons. The Labute approximate surface area is 105 Å². The van der Waals surface area contributed by atoms with Crippen molar-refractivity contribution in [2.24, 2.45) is 5.73 Å². The van der Waals surface area contributed by atoms with Gasteiger partial charge >= 0.3 is 0 Å². The molecule has 0 fully saturated rings. The van der Waals surface area contributed by atoms with Gasteiger partial charge in [-0.1, -0.05) is 6.07 Å². The Balaban J connectivity index is 1.91. The lowest BCUT2D eigenvalue weighted by Crippen LogP contribution is -2.18. The predicted molar refractivity (Wildman–Crippen MR) is 69.4 cm³/mol. The minimum Gasteiger partial charge on any atom is -0.326 e. The number of nitrogens with two attached hydrogens (primary N) is 1. The molecule has 2 N–H and O–H groups in total. The van der Waals surface area contributed by atoms with Crippen LogP contribution in [-0.4, -0.2) is 21.9 Å². The second-order valence-electron chi connectivity index (χ2n) is 4.01. The fourth-order valence-electron chi connectivity index (χ4n) is 1.59. The van der Waals surface area contributed by atoms with E-state index >= 15 is 0 Å². The van der Waals surface area contributed by atoms with Crippen LogP contribution in [0.15, 0.2) is 29.2 Å². The summed E-state index contributed by atoms with van der Waals surface area (Å²) >= 11 is 1.63. The van der Waals surface area contributed by atoms with Crippen molar-refractivity contribution in [2.45, 2.75) is 19.6 Å². The SMILES string of the molecule is CN(Cc1ccc(CN)cn1)Cc1cscn1. The highest BCUT2D eigenvalue weighted by molar-refractivity contribution is 7.07. The monoisotopic (exact) mass is 248 g/mol. The molecule has 0 aliphatic rings. The fraction of sp³-hybridized carbons (Fsp3) is 0.333. The van der Waals surface area contributed by atoms with E-state index in [4.69, 9.17) is 5.73 Å². The maximum atomic E-state index is 5.53. The van der Waals surface area contributed by atoms with Crippen LogP contribution in [0.4, 0.5) is 0 Å². The molecule has 0 amide bonds. The summed E-state index contributed by atoms with van der Waals surface area (Å²) in [7, 11) is 2.07. The zero-order valence-electron chi connectivity index (χ0n) is 9.84. The first-order chi connectivity index (χ1) is 8.28. The number of nitrogens with zero attached hydrogens (tertiary/aromatic N) is 3. The van der Waals surface area contributed by atoms with E-state index in [1.54, 1.807) is 11.3 Å². The van der Waals surface area contributed by atoms with E-state index in [1.807, 2.05) is 23.8 Å². The third-order valence-electron chi connectivity index (χ3n) is 2.47.